The van der Waals surface area contributed by atoms with Gasteiger partial charge < -0.3 is 10.2 Å². The summed E-state index contributed by atoms with van der Waals surface area (Å²) in [6.45, 7) is 2.67. The third kappa shape index (κ3) is 3.38. The van der Waals surface area contributed by atoms with Crippen LogP contribution >= 0.6 is 0 Å². The summed E-state index contributed by atoms with van der Waals surface area (Å²) in [4.78, 5) is 24.9. The van der Waals surface area contributed by atoms with Crippen LogP contribution in [0.1, 0.15) is 45.4 Å². The van der Waals surface area contributed by atoms with Gasteiger partial charge in [0, 0.05) is 24.7 Å². The minimum Gasteiger partial charge on any atom is -0.363 e. The normalized spacial score (nSPS) is 27.8. The molecule has 4 rings (SSSR count). The number of hydrogen-bond donors (Lipinski definition) is 1. The Balaban J connectivity index is 1.39. The van der Waals surface area contributed by atoms with Gasteiger partial charge in [-0.3, -0.25) is 14.9 Å². The molecule has 1 aliphatic carbocycles. The van der Waals surface area contributed by atoms with E-state index in [1.54, 1.807) is 0 Å². The number of allylic oxidation sites excluding steroid dienone is 2. The summed E-state index contributed by atoms with van der Waals surface area (Å²) in [5.41, 5.74) is -0.0760. The molecular formula is C21H26FN3O3. The molecule has 150 valence electrons. The molecule has 1 amide bonds. The zero-order valence-electron chi connectivity index (χ0n) is 16.1. The van der Waals surface area contributed by atoms with E-state index in [9.17, 15) is 19.3 Å². The molecule has 7 heteroatoms. The fraction of sp³-hybridized carbons (Fsp3) is 0.571. The molecule has 2 fully saturated rings. The number of fused-ring (bicyclic) bond motifs is 2. The second kappa shape index (κ2) is 7.18. The first kappa shape index (κ1) is 18.9. The number of hydrogen-bond acceptors (Lipinski definition) is 4. The molecule has 3 aliphatic rings. The van der Waals surface area contributed by atoms with E-state index in [0.29, 0.717) is 18.2 Å². The van der Waals surface area contributed by atoms with Crippen molar-refractivity contribution in [3.05, 3.63) is 46.3 Å². The molecule has 2 aliphatic heterocycles. The van der Waals surface area contributed by atoms with E-state index in [-0.39, 0.29) is 29.1 Å². The van der Waals surface area contributed by atoms with E-state index in [4.69, 9.17) is 0 Å². The first-order chi connectivity index (χ1) is 13.4. The maximum absolute atomic E-state index is 14.5. The predicted octanol–water partition coefficient (Wildman–Crippen LogP) is 3.95. The van der Waals surface area contributed by atoms with Crippen LogP contribution in [-0.4, -0.2) is 29.5 Å². The Labute approximate surface area is 163 Å². The van der Waals surface area contributed by atoms with Crippen LogP contribution in [-0.2, 0) is 4.79 Å². The molecule has 6 nitrogen and oxygen atoms in total. The fourth-order valence-electron chi connectivity index (χ4n) is 5.07. The molecule has 2 saturated heterocycles. The number of piperidine rings is 1. The Morgan fingerprint density at radius 3 is 2.50 bits per heavy atom. The van der Waals surface area contributed by atoms with Crippen LogP contribution < -0.4 is 10.2 Å². The highest BCUT2D eigenvalue weighted by Crippen LogP contribution is 2.43. The van der Waals surface area contributed by atoms with E-state index in [0.717, 1.165) is 44.6 Å². The van der Waals surface area contributed by atoms with Gasteiger partial charge in [-0.25, -0.2) is 4.39 Å². The topological polar surface area (TPSA) is 75.5 Å². The second-order valence-electron chi connectivity index (χ2n) is 8.67. The number of anilines is 1. The van der Waals surface area contributed by atoms with Crippen molar-refractivity contribution in [2.75, 3.05) is 11.4 Å². The number of nitrogens with one attached hydrogen (secondary N) is 1. The summed E-state index contributed by atoms with van der Waals surface area (Å²) in [5.74, 6) is -0.0232. The van der Waals surface area contributed by atoms with Crippen LogP contribution in [0.25, 0.3) is 0 Å². The van der Waals surface area contributed by atoms with Crippen LogP contribution in [0.5, 0.6) is 0 Å². The number of non-ortho nitro benzene ring substituents is 1. The molecule has 28 heavy (non-hydrogen) atoms. The number of nitro benzene ring substituents is 1. The Morgan fingerprint density at radius 1 is 1.29 bits per heavy atom. The van der Waals surface area contributed by atoms with Gasteiger partial charge >= 0.3 is 0 Å². The SMILES string of the molecule is CC1(C(=O)NCC2C[C@H]3CC[C@@H](C2)N3c2ccc([N+](=O)[O-])cc2F)CC=CC1. The van der Waals surface area contributed by atoms with Crippen molar-refractivity contribution < 1.29 is 14.1 Å². The van der Waals surface area contributed by atoms with Gasteiger partial charge in [0.2, 0.25) is 5.91 Å². The van der Waals surface area contributed by atoms with Gasteiger partial charge in [0.05, 0.1) is 22.1 Å². The summed E-state index contributed by atoms with van der Waals surface area (Å²) in [6, 6.07) is 4.37. The van der Waals surface area contributed by atoms with E-state index in [2.05, 4.69) is 22.4 Å². The highest BCUT2D eigenvalue weighted by atomic mass is 19.1. The molecule has 2 heterocycles. The smallest absolute Gasteiger partial charge is 0.272 e. The molecule has 1 aromatic rings. The number of amides is 1. The summed E-state index contributed by atoms with van der Waals surface area (Å²) < 4.78 is 14.5. The third-order valence-corrected chi connectivity index (χ3v) is 6.65. The lowest BCUT2D eigenvalue weighted by Crippen LogP contribution is -2.47. The minimum absolute atomic E-state index is 0.119. The number of benzene rings is 1. The zero-order chi connectivity index (χ0) is 19.9. The lowest BCUT2D eigenvalue weighted by Gasteiger charge is -2.41. The molecule has 3 atom stereocenters. The van der Waals surface area contributed by atoms with Crippen molar-refractivity contribution in [1.29, 1.82) is 0 Å². The number of nitro groups is 1. The number of nitrogens with zero attached hydrogens (tertiary/aromatic N) is 2. The van der Waals surface area contributed by atoms with Gasteiger partial charge in [-0.2, -0.15) is 0 Å². The average Bonchev–Trinajstić information content (AvgIpc) is 3.21. The summed E-state index contributed by atoms with van der Waals surface area (Å²) in [7, 11) is 0. The third-order valence-electron chi connectivity index (χ3n) is 6.65. The van der Waals surface area contributed by atoms with E-state index in [1.165, 1.54) is 12.1 Å². The predicted molar refractivity (Wildman–Crippen MR) is 105 cm³/mol. The second-order valence-corrected chi connectivity index (χ2v) is 8.67. The summed E-state index contributed by atoms with van der Waals surface area (Å²) in [6.07, 6.45) is 9.52. The first-order valence-electron chi connectivity index (χ1n) is 10.0. The summed E-state index contributed by atoms with van der Waals surface area (Å²) >= 11 is 0. The highest BCUT2D eigenvalue weighted by molar-refractivity contribution is 5.83. The van der Waals surface area contributed by atoms with Gasteiger partial charge in [-0.15, -0.1) is 0 Å². The number of halogens is 1. The molecule has 0 spiro atoms. The van der Waals surface area contributed by atoms with Crippen LogP contribution in [0.4, 0.5) is 15.8 Å². The Kier molecular flexibility index (Phi) is 4.85. The van der Waals surface area contributed by atoms with E-state index >= 15 is 0 Å². The minimum atomic E-state index is -0.573. The average molecular weight is 387 g/mol. The Bertz CT molecular complexity index is 803. The van der Waals surface area contributed by atoms with Crippen molar-refractivity contribution in [2.45, 2.75) is 57.5 Å². The molecule has 2 bridgehead atoms. The van der Waals surface area contributed by atoms with E-state index in [1.807, 2.05) is 6.92 Å². The van der Waals surface area contributed by atoms with Crippen LogP contribution in [0.3, 0.4) is 0 Å². The first-order valence-corrected chi connectivity index (χ1v) is 10.0. The van der Waals surface area contributed by atoms with Gasteiger partial charge in [-0.05, 0) is 50.5 Å². The largest absolute Gasteiger partial charge is 0.363 e. The van der Waals surface area contributed by atoms with Crippen LogP contribution in [0.15, 0.2) is 30.4 Å². The molecular weight excluding hydrogens is 361 g/mol. The fourth-order valence-corrected chi connectivity index (χ4v) is 5.07. The maximum Gasteiger partial charge on any atom is 0.272 e. The van der Waals surface area contributed by atoms with Crippen molar-refractivity contribution in [1.82, 2.24) is 5.32 Å². The molecule has 0 saturated carbocycles. The van der Waals surface area contributed by atoms with Crippen molar-refractivity contribution in [3.8, 4) is 0 Å². The Morgan fingerprint density at radius 2 is 1.93 bits per heavy atom. The highest BCUT2D eigenvalue weighted by Gasteiger charge is 2.42. The zero-order valence-corrected chi connectivity index (χ0v) is 16.1. The maximum atomic E-state index is 14.5. The Hall–Kier alpha value is -2.44. The quantitative estimate of drug-likeness (QED) is 0.471. The number of carbonyl (C=O) groups is 1. The van der Waals surface area contributed by atoms with Gasteiger partial charge in [0.1, 0.15) is 0 Å². The van der Waals surface area contributed by atoms with Crippen LogP contribution in [0.2, 0.25) is 0 Å². The van der Waals surface area contributed by atoms with Gasteiger partial charge in [-0.1, -0.05) is 19.1 Å². The van der Waals surface area contributed by atoms with Crippen molar-refractivity contribution >= 4 is 17.3 Å². The molecule has 1 N–H and O–H groups in total. The van der Waals surface area contributed by atoms with Gasteiger partial charge in [0.25, 0.3) is 5.69 Å². The molecule has 1 unspecified atom stereocenters. The summed E-state index contributed by atoms with van der Waals surface area (Å²) in [5, 5.41) is 14.0. The standard InChI is InChI=1S/C21H26FN3O3/c1-21(8-2-3-9-21)20(26)23-13-14-10-15-4-5-16(11-14)24(15)19-7-6-17(25(27)28)12-18(19)22/h2-3,6-7,12,14-16H,4-5,8-11,13H2,1H3,(H,23,26)/t14?,15-,16+. The van der Waals surface area contributed by atoms with Gasteiger partial charge in [0.15, 0.2) is 5.82 Å². The molecule has 1 aromatic carbocycles. The van der Waals surface area contributed by atoms with E-state index < -0.39 is 10.7 Å². The number of rotatable bonds is 5. The van der Waals surface area contributed by atoms with Crippen molar-refractivity contribution in [3.63, 3.8) is 0 Å². The monoisotopic (exact) mass is 387 g/mol. The molecule has 0 aromatic heterocycles. The van der Waals surface area contributed by atoms with Crippen LogP contribution in [0, 0.1) is 27.3 Å². The lowest BCUT2D eigenvalue weighted by atomic mass is 9.86. The molecule has 0 radical (unpaired) electrons. The van der Waals surface area contributed by atoms with Crippen molar-refractivity contribution in [2.24, 2.45) is 11.3 Å². The number of carbonyl (C=O) groups excluding carboxylic acids is 1. The lowest BCUT2D eigenvalue weighted by molar-refractivity contribution is -0.385.